The highest BCUT2D eigenvalue weighted by atomic mass is 16.2. The third-order valence-corrected chi connectivity index (χ3v) is 2.33. The first-order chi connectivity index (χ1) is 6.56. The Morgan fingerprint density at radius 1 is 1.29 bits per heavy atom. The van der Waals surface area contributed by atoms with Crippen molar-refractivity contribution in [2.45, 2.75) is 20.3 Å². The minimum absolute atomic E-state index is 0.0846. The average Bonchev–Trinajstić information content (AvgIpc) is 2.17. The predicted molar refractivity (Wildman–Crippen MR) is 58.0 cm³/mol. The predicted octanol–water partition coefficient (Wildman–Crippen LogP) is 2.00. The molecule has 0 aromatic heterocycles. The van der Waals surface area contributed by atoms with Gasteiger partial charge in [-0.3, -0.25) is 4.79 Å². The maximum Gasteiger partial charge on any atom is 0.225 e. The third kappa shape index (κ3) is 2.59. The maximum atomic E-state index is 11.5. The number of carbonyl (C=O) groups is 1. The summed E-state index contributed by atoms with van der Waals surface area (Å²) in [5.74, 6) is 0.0846. The molecule has 0 atom stereocenters. The molecule has 0 aliphatic rings. The quantitative estimate of drug-likeness (QED) is 0.778. The zero-order valence-electron chi connectivity index (χ0n) is 9.00. The minimum Gasteiger partial charge on any atom is -0.359 e. The van der Waals surface area contributed by atoms with Crippen molar-refractivity contribution >= 4 is 5.91 Å². The van der Waals surface area contributed by atoms with Gasteiger partial charge >= 0.3 is 0 Å². The van der Waals surface area contributed by atoms with Gasteiger partial charge in [0, 0.05) is 12.5 Å². The van der Waals surface area contributed by atoms with Crippen LogP contribution >= 0.6 is 0 Å². The first-order valence-corrected chi connectivity index (χ1v) is 4.82. The van der Waals surface area contributed by atoms with E-state index in [-0.39, 0.29) is 11.3 Å². The van der Waals surface area contributed by atoms with Crippen LogP contribution in [0.3, 0.4) is 0 Å². The summed E-state index contributed by atoms with van der Waals surface area (Å²) in [6.45, 7) is 3.91. The van der Waals surface area contributed by atoms with Crippen LogP contribution in [0.1, 0.15) is 19.4 Å². The molecule has 0 heterocycles. The number of carbonyl (C=O) groups excluding carboxylic acids is 1. The topological polar surface area (TPSA) is 29.1 Å². The Balaban J connectivity index is 2.73. The normalized spacial score (nSPS) is 11.1. The zero-order valence-corrected chi connectivity index (χ0v) is 9.00. The second kappa shape index (κ2) is 4.27. The minimum atomic E-state index is -0.337. The lowest BCUT2D eigenvalue weighted by Gasteiger charge is -2.22. The fraction of sp³-hybridized carbons (Fsp3) is 0.417. The van der Waals surface area contributed by atoms with Gasteiger partial charge in [-0.25, -0.2) is 0 Å². The number of amides is 1. The monoisotopic (exact) mass is 191 g/mol. The molecule has 14 heavy (non-hydrogen) atoms. The van der Waals surface area contributed by atoms with Crippen LogP contribution in [0.2, 0.25) is 0 Å². The highest BCUT2D eigenvalue weighted by Crippen LogP contribution is 2.21. The number of hydrogen-bond donors (Lipinski definition) is 1. The van der Waals surface area contributed by atoms with E-state index in [9.17, 15) is 4.79 Å². The van der Waals surface area contributed by atoms with Crippen LogP contribution in [-0.2, 0) is 11.2 Å². The van der Waals surface area contributed by atoms with Gasteiger partial charge in [0.1, 0.15) is 0 Å². The lowest BCUT2D eigenvalue weighted by Crippen LogP contribution is -2.36. The molecule has 0 radical (unpaired) electrons. The van der Waals surface area contributed by atoms with Crippen LogP contribution in [0.5, 0.6) is 0 Å². The molecule has 0 aliphatic heterocycles. The molecular weight excluding hydrogens is 174 g/mol. The Labute approximate surface area is 85.3 Å². The van der Waals surface area contributed by atoms with Crippen molar-refractivity contribution in [3.8, 4) is 0 Å². The van der Waals surface area contributed by atoms with Crippen LogP contribution in [0.25, 0.3) is 0 Å². The molecule has 0 fully saturated rings. The summed E-state index contributed by atoms with van der Waals surface area (Å²) in [6.07, 6.45) is 0.771. The van der Waals surface area contributed by atoms with Gasteiger partial charge in [-0.2, -0.15) is 0 Å². The molecule has 0 spiro atoms. The molecule has 0 saturated heterocycles. The Bertz CT molecular complexity index is 303. The molecule has 0 bridgehead atoms. The number of nitrogens with one attached hydrogen (secondary N) is 1. The summed E-state index contributed by atoms with van der Waals surface area (Å²) in [6, 6.07) is 10.1. The molecule has 1 amide bonds. The van der Waals surface area contributed by atoms with Crippen molar-refractivity contribution in [2.24, 2.45) is 5.41 Å². The molecular formula is C12H17NO. The summed E-state index contributed by atoms with van der Waals surface area (Å²) in [5.41, 5.74) is 0.858. The summed E-state index contributed by atoms with van der Waals surface area (Å²) in [5, 5.41) is 2.69. The smallest absolute Gasteiger partial charge is 0.225 e. The van der Waals surface area contributed by atoms with E-state index in [4.69, 9.17) is 0 Å². The summed E-state index contributed by atoms with van der Waals surface area (Å²) in [7, 11) is 1.68. The molecule has 1 rings (SSSR count). The van der Waals surface area contributed by atoms with Gasteiger partial charge in [0.25, 0.3) is 0 Å². The summed E-state index contributed by atoms with van der Waals surface area (Å²) >= 11 is 0. The van der Waals surface area contributed by atoms with Crippen LogP contribution in [0.15, 0.2) is 30.3 Å². The van der Waals surface area contributed by atoms with E-state index in [0.717, 1.165) is 6.42 Å². The van der Waals surface area contributed by atoms with E-state index in [1.807, 2.05) is 44.2 Å². The standard InChI is InChI=1S/C12H17NO/c1-12(2,11(14)13-3)9-10-7-5-4-6-8-10/h4-8H,9H2,1-3H3,(H,13,14). The molecule has 2 heteroatoms. The van der Waals surface area contributed by atoms with Gasteiger partial charge < -0.3 is 5.32 Å². The highest BCUT2D eigenvalue weighted by Gasteiger charge is 2.26. The van der Waals surface area contributed by atoms with Gasteiger partial charge in [-0.15, -0.1) is 0 Å². The zero-order chi connectivity index (χ0) is 10.6. The van der Waals surface area contributed by atoms with Crippen molar-refractivity contribution in [2.75, 3.05) is 7.05 Å². The average molecular weight is 191 g/mol. The van der Waals surface area contributed by atoms with E-state index in [1.165, 1.54) is 5.56 Å². The molecule has 0 aliphatic carbocycles. The molecule has 1 aromatic carbocycles. The van der Waals surface area contributed by atoms with E-state index >= 15 is 0 Å². The van der Waals surface area contributed by atoms with Gasteiger partial charge in [0.15, 0.2) is 0 Å². The second-order valence-corrected chi connectivity index (χ2v) is 4.13. The first kappa shape index (κ1) is 10.8. The fourth-order valence-corrected chi connectivity index (χ4v) is 1.52. The summed E-state index contributed by atoms with van der Waals surface area (Å²) in [4.78, 5) is 11.5. The SMILES string of the molecule is CNC(=O)C(C)(C)Cc1ccccc1. The summed E-state index contributed by atoms with van der Waals surface area (Å²) < 4.78 is 0. The van der Waals surface area contributed by atoms with Crippen molar-refractivity contribution < 1.29 is 4.79 Å². The lowest BCUT2D eigenvalue weighted by atomic mass is 9.85. The molecule has 1 N–H and O–H groups in total. The Morgan fingerprint density at radius 2 is 1.86 bits per heavy atom. The second-order valence-electron chi connectivity index (χ2n) is 4.13. The van der Waals surface area contributed by atoms with Crippen molar-refractivity contribution in [3.63, 3.8) is 0 Å². The Hall–Kier alpha value is -1.31. The van der Waals surface area contributed by atoms with Crippen molar-refractivity contribution in [1.82, 2.24) is 5.32 Å². The number of benzene rings is 1. The van der Waals surface area contributed by atoms with Crippen molar-refractivity contribution in [3.05, 3.63) is 35.9 Å². The molecule has 0 unspecified atom stereocenters. The van der Waals surface area contributed by atoms with Crippen LogP contribution < -0.4 is 5.32 Å². The highest BCUT2D eigenvalue weighted by molar-refractivity contribution is 5.81. The van der Waals surface area contributed by atoms with E-state index in [2.05, 4.69) is 5.32 Å². The number of hydrogen-bond acceptors (Lipinski definition) is 1. The van der Waals surface area contributed by atoms with Crippen molar-refractivity contribution in [1.29, 1.82) is 0 Å². The van der Waals surface area contributed by atoms with Crippen LogP contribution in [-0.4, -0.2) is 13.0 Å². The van der Waals surface area contributed by atoms with Gasteiger partial charge in [-0.05, 0) is 12.0 Å². The fourth-order valence-electron chi connectivity index (χ4n) is 1.52. The van der Waals surface area contributed by atoms with Gasteiger partial charge in [-0.1, -0.05) is 44.2 Å². The van der Waals surface area contributed by atoms with E-state index < -0.39 is 0 Å². The van der Waals surface area contributed by atoms with Gasteiger partial charge in [0.2, 0.25) is 5.91 Å². The Morgan fingerprint density at radius 3 is 2.36 bits per heavy atom. The third-order valence-electron chi connectivity index (χ3n) is 2.33. The molecule has 76 valence electrons. The lowest BCUT2D eigenvalue weighted by molar-refractivity contribution is -0.128. The maximum absolute atomic E-state index is 11.5. The van der Waals surface area contributed by atoms with E-state index in [1.54, 1.807) is 7.05 Å². The van der Waals surface area contributed by atoms with E-state index in [0.29, 0.717) is 0 Å². The molecule has 0 saturated carbocycles. The number of rotatable bonds is 3. The molecule has 1 aromatic rings. The Kier molecular flexibility index (Phi) is 3.28. The van der Waals surface area contributed by atoms with Crippen LogP contribution in [0, 0.1) is 5.41 Å². The van der Waals surface area contributed by atoms with Gasteiger partial charge in [0.05, 0.1) is 0 Å². The first-order valence-electron chi connectivity index (χ1n) is 4.82. The largest absolute Gasteiger partial charge is 0.359 e. The van der Waals surface area contributed by atoms with Crippen LogP contribution in [0.4, 0.5) is 0 Å². The molecule has 2 nitrogen and oxygen atoms in total.